The first-order valence-corrected chi connectivity index (χ1v) is 10.5. The van der Waals surface area contributed by atoms with E-state index in [1.807, 2.05) is 4.90 Å². The Hall–Kier alpha value is -3.75. The van der Waals surface area contributed by atoms with Crippen molar-refractivity contribution in [1.29, 1.82) is 0 Å². The van der Waals surface area contributed by atoms with Crippen LogP contribution >= 0.6 is 0 Å². The zero-order valence-corrected chi connectivity index (χ0v) is 17.8. The molecule has 1 aliphatic heterocycles. The van der Waals surface area contributed by atoms with Crippen molar-refractivity contribution in [2.75, 3.05) is 19.7 Å². The largest absolute Gasteiger partial charge is 0.462 e. The molecule has 1 aliphatic rings. The molecule has 0 spiro atoms. The van der Waals surface area contributed by atoms with Gasteiger partial charge >= 0.3 is 5.97 Å². The molecular formula is C23H25N3O6. The van der Waals surface area contributed by atoms with Gasteiger partial charge in [0.1, 0.15) is 0 Å². The Morgan fingerprint density at radius 3 is 2.44 bits per heavy atom. The van der Waals surface area contributed by atoms with Crippen LogP contribution in [0.15, 0.2) is 42.5 Å². The fourth-order valence-corrected chi connectivity index (χ4v) is 3.56. The third kappa shape index (κ3) is 5.69. The van der Waals surface area contributed by atoms with Crippen LogP contribution in [0.25, 0.3) is 0 Å². The maximum absolute atomic E-state index is 12.7. The maximum atomic E-state index is 12.7. The van der Waals surface area contributed by atoms with Gasteiger partial charge in [0.25, 0.3) is 17.5 Å². The third-order valence-electron chi connectivity index (χ3n) is 5.17. The standard InChI is InChI=1S/C23H25N3O6/c1-2-32-23(29)19-12-18(13-20(14-19)26(30)31)21(27)24-15-16-7-6-8-17(11-16)22(28)25-9-4-3-5-10-25/h6-8,11-14H,2-5,9-10,15H2,1H3,(H,24,27). The number of nitro benzene ring substituents is 1. The van der Waals surface area contributed by atoms with Gasteiger partial charge in [0.05, 0.1) is 17.1 Å². The van der Waals surface area contributed by atoms with Gasteiger partial charge in [-0.25, -0.2) is 4.79 Å². The Morgan fingerprint density at radius 2 is 1.75 bits per heavy atom. The lowest BCUT2D eigenvalue weighted by molar-refractivity contribution is -0.384. The number of nitrogens with zero attached hydrogens (tertiary/aromatic N) is 2. The maximum Gasteiger partial charge on any atom is 0.338 e. The van der Waals surface area contributed by atoms with Crippen LogP contribution in [-0.4, -0.2) is 47.3 Å². The molecule has 168 valence electrons. The average Bonchev–Trinajstić information content (AvgIpc) is 2.82. The fraction of sp³-hybridized carbons (Fsp3) is 0.348. The number of likely N-dealkylation sites (tertiary alicyclic amines) is 1. The molecule has 0 radical (unpaired) electrons. The van der Waals surface area contributed by atoms with E-state index < -0.39 is 16.8 Å². The van der Waals surface area contributed by atoms with E-state index in [0.29, 0.717) is 5.56 Å². The number of nitrogens with one attached hydrogen (secondary N) is 1. The summed E-state index contributed by atoms with van der Waals surface area (Å²) in [7, 11) is 0. The summed E-state index contributed by atoms with van der Waals surface area (Å²) in [4.78, 5) is 49.7. The van der Waals surface area contributed by atoms with Crippen LogP contribution in [0.4, 0.5) is 5.69 Å². The van der Waals surface area contributed by atoms with Crippen molar-refractivity contribution in [2.45, 2.75) is 32.7 Å². The van der Waals surface area contributed by atoms with Crippen molar-refractivity contribution >= 4 is 23.5 Å². The van der Waals surface area contributed by atoms with Crippen molar-refractivity contribution in [3.8, 4) is 0 Å². The number of carbonyl (C=O) groups is 3. The number of amides is 2. The molecular weight excluding hydrogens is 414 g/mol. The summed E-state index contributed by atoms with van der Waals surface area (Å²) >= 11 is 0. The molecule has 0 bridgehead atoms. The number of nitro groups is 1. The third-order valence-corrected chi connectivity index (χ3v) is 5.17. The predicted molar refractivity (Wildman–Crippen MR) is 116 cm³/mol. The molecule has 2 amide bonds. The number of carbonyl (C=O) groups excluding carboxylic acids is 3. The normalized spacial score (nSPS) is 13.3. The number of esters is 1. The summed E-state index contributed by atoms with van der Waals surface area (Å²) in [6, 6.07) is 10.5. The molecule has 0 aliphatic carbocycles. The Labute approximate surface area is 185 Å². The van der Waals surface area contributed by atoms with Crippen LogP contribution in [0.1, 0.15) is 62.8 Å². The van der Waals surface area contributed by atoms with Crippen LogP contribution < -0.4 is 5.32 Å². The van der Waals surface area contributed by atoms with E-state index in [1.54, 1.807) is 31.2 Å². The zero-order valence-electron chi connectivity index (χ0n) is 17.8. The first kappa shape index (κ1) is 22.9. The van der Waals surface area contributed by atoms with E-state index in [9.17, 15) is 24.5 Å². The van der Waals surface area contributed by atoms with Gasteiger partial charge in [-0.15, -0.1) is 0 Å². The van der Waals surface area contributed by atoms with E-state index >= 15 is 0 Å². The van der Waals surface area contributed by atoms with E-state index in [1.165, 1.54) is 6.07 Å². The molecule has 0 saturated carbocycles. The SMILES string of the molecule is CCOC(=O)c1cc(C(=O)NCc2cccc(C(=O)N3CCCCC3)c2)cc([N+](=O)[O-])c1. The minimum Gasteiger partial charge on any atom is -0.462 e. The minimum atomic E-state index is -0.742. The van der Waals surface area contributed by atoms with Crippen molar-refractivity contribution in [3.05, 3.63) is 74.8 Å². The first-order valence-electron chi connectivity index (χ1n) is 10.5. The molecule has 2 aromatic rings. The van der Waals surface area contributed by atoms with Gasteiger partial charge in [-0.2, -0.15) is 0 Å². The van der Waals surface area contributed by atoms with Gasteiger partial charge < -0.3 is 15.0 Å². The van der Waals surface area contributed by atoms with Crippen molar-refractivity contribution in [1.82, 2.24) is 10.2 Å². The van der Waals surface area contributed by atoms with E-state index in [0.717, 1.165) is 50.0 Å². The quantitative estimate of drug-likeness (QED) is 0.402. The van der Waals surface area contributed by atoms with Crippen LogP contribution in [-0.2, 0) is 11.3 Å². The number of benzene rings is 2. The second kappa shape index (κ2) is 10.5. The number of ether oxygens (including phenoxy) is 1. The zero-order chi connectivity index (χ0) is 23.1. The van der Waals surface area contributed by atoms with Crippen LogP contribution in [0, 0.1) is 10.1 Å². The molecule has 1 heterocycles. The smallest absolute Gasteiger partial charge is 0.338 e. The number of piperidine rings is 1. The van der Waals surface area contributed by atoms with E-state index in [-0.39, 0.29) is 35.9 Å². The number of rotatable bonds is 7. The van der Waals surface area contributed by atoms with Crippen molar-refractivity contribution in [3.63, 3.8) is 0 Å². The molecule has 0 unspecified atom stereocenters. The highest BCUT2D eigenvalue weighted by molar-refractivity contribution is 5.99. The molecule has 0 aromatic heterocycles. The summed E-state index contributed by atoms with van der Waals surface area (Å²) < 4.78 is 4.88. The van der Waals surface area contributed by atoms with E-state index in [4.69, 9.17) is 4.74 Å². The molecule has 1 saturated heterocycles. The Bertz CT molecular complexity index is 1030. The van der Waals surface area contributed by atoms with Gasteiger partial charge in [0.2, 0.25) is 0 Å². The van der Waals surface area contributed by atoms with Crippen LogP contribution in [0.5, 0.6) is 0 Å². The lowest BCUT2D eigenvalue weighted by atomic mass is 10.1. The Kier molecular flexibility index (Phi) is 7.54. The highest BCUT2D eigenvalue weighted by Crippen LogP contribution is 2.19. The molecule has 3 rings (SSSR count). The summed E-state index contributed by atoms with van der Waals surface area (Å²) in [5.74, 6) is -1.35. The molecule has 1 fully saturated rings. The lowest BCUT2D eigenvalue weighted by Crippen LogP contribution is -2.35. The van der Waals surface area contributed by atoms with E-state index in [2.05, 4.69) is 5.32 Å². The summed E-state index contributed by atoms with van der Waals surface area (Å²) in [5.41, 5.74) is 0.800. The van der Waals surface area contributed by atoms with Crippen LogP contribution in [0.2, 0.25) is 0 Å². The number of hydrogen-bond donors (Lipinski definition) is 1. The molecule has 2 aromatic carbocycles. The highest BCUT2D eigenvalue weighted by Gasteiger charge is 2.20. The lowest BCUT2D eigenvalue weighted by Gasteiger charge is -2.26. The monoisotopic (exact) mass is 439 g/mol. The first-order chi connectivity index (χ1) is 15.4. The summed E-state index contributed by atoms with van der Waals surface area (Å²) in [6.07, 6.45) is 3.13. The number of non-ortho nitro benzene ring substituents is 1. The molecule has 9 nitrogen and oxygen atoms in total. The van der Waals surface area contributed by atoms with Gasteiger partial charge in [0, 0.05) is 42.9 Å². The van der Waals surface area contributed by atoms with Crippen LogP contribution in [0.3, 0.4) is 0 Å². The highest BCUT2D eigenvalue weighted by atomic mass is 16.6. The number of hydrogen-bond acceptors (Lipinski definition) is 6. The Balaban J connectivity index is 1.72. The molecule has 9 heteroatoms. The van der Waals surface area contributed by atoms with Crippen molar-refractivity contribution < 1.29 is 24.0 Å². The van der Waals surface area contributed by atoms with Gasteiger partial charge in [0.15, 0.2) is 0 Å². The molecule has 32 heavy (non-hydrogen) atoms. The molecule has 1 N–H and O–H groups in total. The van der Waals surface area contributed by atoms with Crippen molar-refractivity contribution in [2.24, 2.45) is 0 Å². The Morgan fingerprint density at radius 1 is 1.03 bits per heavy atom. The summed E-state index contributed by atoms with van der Waals surface area (Å²) in [5, 5.41) is 13.9. The van der Waals surface area contributed by atoms with Gasteiger partial charge in [-0.3, -0.25) is 19.7 Å². The molecule has 0 atom stereocenters. The van der Waals surface area contributed by atoms with Gasteiger partial charge in [-0.1, -0.05) is 12.1 Å². The average molecular weight is 439 g/mol. The summed E-state index contributed by atoms with van der Waals surface area (Å²) in [6.45, 7) is 3.34. The second-order valence-corrected chi connectivity index (χ2v) is 7.48. The topological polar surface area (TPSA) is 119 Å². The second-order valence-electron chi connectivity index (χ2n) is 7.48. The minimum absolute atomic E-state index is 0.0252. The fourth-order valence-electron chi connectivity index (χ4n) is 3.56. The predicted octanol–water partition coefficient (Wildman–Crippen LogP) is 3.33. The van der Waals surface area contributed by atoms with Gasteiger partial charge in [-0.05, 0) is 49.9 Å².